The summed E-state index contributed by atoms with van der Waals surface area (Å²) in [4.78, 5) is 17.3. The van der Waals surface area contributed by atoms with Gasteiger partial charge in [-0.2, -0.15) is 4.68 Å². The standard InChI is InChI=1S/C25H26N6O2/c1-18(19-8-9-21-17-23(33-2)11-10-20(21)16-19)24(32)29-12-14-30(15-13-29)25-26-27-28-31(25)22-6-4-3-5-7-22/h3-11,16-18H,12-15H2,1-2H3/t18-/m0/s1. The summed E-state index contributed by atoms with van der Waals surface area (Å²) in [5, 5.41) is 14.4. The zero-order valence-corrected chi connectivity index (χ0v) is 18.8. The number of hydrogen-bond acceptors (Lipinski definition) is 6. The van der Waals surface area contributed by atoms with Crippen LogP contribution in [0, 0.1) is 0 Å². The van der Waals surface area contributed by atoms with E-state index in [-0.39, 0.29) is 11.8 Å². The fourth-order valence-corrected chi connectivity index (χ4v) is 4.30. The second-order valence-electron chi connectivity index (χ2n) is 8.23. The Hall–Kier alpha value is -3.94. The molecule has 1 fully saturated rings. The number of hydrogen-bond donors (Lipinski definition) is 0. The molecule has 1 aliphatic rings. The van der Waals surface area contributed by atoms with Gasteiger partial charge in [0.15, 0.2) is 0 Å². The van der Waals surface area contributed by atoms with Crippen LogP contribution in [0.4, 0.5) is 5.95 Å². The molecule has 8 heteroatoms. The van der Waals surface area contributed by atoms with Crippen molar-refractivity contribution < 1.29 is 9.53 Å². The topological polar surface area (TPSA) is 76.4 Å². The van der Waals surface area contributed by atoms with Gasteiger partial charge >= 0.3 is 0 Å². The highest BCUT2D eigenvalue weighted by atomic mass is 16.5. The summed E-state index contributed by atoms with van der Waals surface area (Å²) in [6, 6.07) is 22.0. The first-order chi connectivity index (χ1) is 16.1. The highest BCUT2D eigenvalue weighted by molar-refractivity contribution is 5.88. The molecule has 0 N–H and O–H groups in total. The van der Waals surface area contributed by atoms with E-state index in [4.69, 9.17) is 4.74 Å². The maximum absolute atomic E-state index is 13.3. The second kappa shape index (κ2) is 8.90. The minimum Gasteiger partial charge on any atom is -0.497 e. The first-order valence-electron chi connectivity index (χ1n) is 11.1. The Morgan fingerprint density at radius 2 is 1.67 bits per heavy atom. The Morgan fingerprint density at radius 3 is 2.42 bits per heavy atom. The predicted octanol–water partition coefficient (Wildman–Crippen LogP) is 3.28. The van der Waals surface area contributed by atoms with Crippen molar-refractivity contribution in [3.05, 3.63) is 72.3 Å². The van der Waals surface area contributed by atoms with E-state index in [1.165, 1.54) is 0 Å². The number of ether oxygens (including phenoxy) is 1. The lowest BCUT2D eigenvalue weighted by molar-refractivity contribution is -0.132. The molecule has 168 valence electrons. The van der Waals surface area contributed by atoms with Crippen LogP contribution in [-0.2, 0) is 4.79 Å². The van der Waals surface area contributed by atoms with Crippen LogP contribution in [0.1, 0.15) is 18.4 Å². The van der Waals surface area contributed by atoms with Gasteiger partial charge in [0.05, 0.1) is 18.7 Å². The zero-order chi connectivity index (χ0) is 22.8. The van der Waals surface area contributed by atoms with Crippen molar-refractivity contribution in [1.82, 2.24) is 25.1 Å². The van der Waals surface area contributed by atoms with Crippen LogP contribution in [0.15, 0.2) is 66.7 Å². The van der Waals surface area contributed by atoms with Crippen molar-refractivity contribution in [2.45, 2.75) is 12.8 Å². The minimum atomic E-state index is -0.210. The normalized spacial score (nSPS) is 15.0. The predicted molar refractivity (Wildman–Crippen MR) is 127 cm³/mol. The molecule has 0 spiro atoms. The van der Waals surface area contributed by atoms with Crippen molar-refractivity contribution in [2.75, 3.05) is 38.2 Å². The number of anilines is 1. The zero-order valence-electron chi connectivity index (χ0n) is 18.8. The minimum absolute atomic E-state index is 0.144. The van der Waals surface area contributed by atoms with E-state index in [1.54, 1.807) is 11.8 Å². The van der Waals surface area contributed by atoms with Crippen molar-refractivity contribution in [3.8, 4) is 11.4 Å². The molecule has 2 heterocycles. The Balaban J connectivity index is 1.26. The van der Waals surface area contributed by atoms with E-state index in [0.717, 1.165) is 27.8 Å². The number of fused-ring (bicyclic) bond motifs is 1. The molecular weight excluding hydrogens is 416 g/mol. The SMILES string of the molecule is COc1ccc2cc([C@H](C)C(=O)N3CCN(c4nnnn4-c4ccccc4)CC3)ccc2c1. The lowest BCUT2D eigenvalue weighted by Crippen LogP contribution is -2.50. The molecule has 0 aliphatic carbocycles. The number of carbonyl (C=O) groups is 1. The van der Waals surface area contributed by atoms with Gasteiger partial charge in [0.25, 0.3) is 0 Å². The summed E-state index contributed by atoms with van der Waals surface area (Å²) in [7, 11) is 1.66. The van der Waals surface area contributed by atoms with Crippen LogP contribution in [-0.4, -0.2) is 64.3 Å². The van der Waals surface area contributed by atoms with E-state index in [1.807, 2.05) is 66.4 Å². The number of tetrazole rings is 1. The molecule has 0 bridgehead atoms. The smallest absolute Gasteiger partial charge is 0.250 e. The highest BCUT2D eigenvalue weighted by Crippen LogP contribution is 2.27. The number of para-hydroxylation sites is 1. The van der Waals surface area contributed by atoms with E-state index >= 15 is 0 Å². The lowest BCUT2D eigenvalue weighted by Gasteiger charge is -2.36. The Bertz CT molecular complexity index is 1260. The number of rotatable bonds is 5. The van der Waals surface area contributed by atoms with Gasteiger partial charge in [0.1, 0.15) is 5.75 Å². The molecule has 1 aromatic heterocycles. The number of carbonyl (C=O) groups excluding carboxylic acids is 1. The number of benzene rings is 3. The average Bonchev–Trinajstić information content (AvgIpc) is 3.38. The second-order valence-corrected chi connectivity index (χ2v) is 8.23. The first kappa shape index (κ1) is 20.9. The van der Waals surface area contributed by atoms with Gasteiger partial charge in [-0.05, 0) is 58.0 Å². The molecule has 33 heavy (non-hydrogen) atoms. The molecule has 0 radical (unpaired) electrons. The molecule has 1 saturated heterocycles. The summed E-state index contributed by atoms with van der Waals surface area (Å²) >= 11 is 0. The molecule has 3 aromatic carbocycles. The van der Waals surface area contributed by atoms with Crippen LogP contribution in [0.2, 0.25) is 0 Å². The summed E-state index contributed by atoms with van der Waals surface area (Å²) in [5.74, 6) is 1.46. The summed E-state index contributed by atoms with van der Waals surface area (Å²) in [6.45, 7) is 4.62. The third kappa shape index (κ3) is 4.11. The Kier molecular flexibility index (Phi) is 5.64. The van der Waals surface area contributed by atoms with Crippen LogP contribution >= 0.6 is 0 Å². The van der Waals surface area contributed by atoms with E-state index in [2.05, 4.69) is 32.6 Å². The molecular formula is C25H26N6O2. The number of amides is 1. The van der Waals surface area contributed by atoms with Gasteiger partial charge in [-0.25, -0.2) is 0 Å². The number of nitrogens with zero attached hydrogens (tertiary/aromatic N) is 6. The molecule has 5 rings (SSSR count). The molecule has 1 amide bonds. The molecule has 8 nitrogen and oxygen atoms in total. The molecule has 4 aromatic rings. The van der Waals surface area contributed by atoms with Crippen LogP contribution < -0.4 is 9.64 Å². The third-order valence-electron chi connectivity index (χ3n) is 6.27. The fourth-order valence-electron chi connectivity index (χ4n) is 4.30. The van der Waals surface area contributed by atoms with Crippen molar-refractivity contribution >= 4 is 22.6 Å². The quantitative estimate of drug-likeness (QED) is 0.472. The molecule has 1 aliphatic heterocycles. The summed E-state index contributed by atoms with van der Waals surface area (Å²) < 4.78 is 7.05. The highest BCUT2D eigenvalue weighted by Gasteiger charge is 2.28. The van der Waals surface area contributed by atoms with Crippen molar-refractivity contribution in [3.63, 3.8) is 0 Å². The van der Waals surface area contributed by atoms with E-state index < -0.39 is 0 Å². The van der Waals surface area contributed by atoms with Crippen LogP contribution in [0.5, 0.6) is 5.75 Å². The fraction of sp³-hybridized carbons (Fsp3) is 0.280. The van der Waals surface area contributed by atoms with Crippen LogP contribution in [0.3, 0.4) is 0 Å². The third-order valence-corrected chi connectivity index (χ3v) is 6.27. The molecule has 0 saturated carbocycles. The molecule has 1 atom stereocenters. The van der Waals surface area contributed by atoms with E-state index in [0.29, 0.717) is 32.1 Å². The monoisotopic (exact) mass is 442 g/mol. The average molecular weight is 443 g/mol. The summed E-state index contributed by atoms with van der Waals surface area (Å²) in [6.07, 6.45) is 0. The van der Waals surface area contributed by atoms with Gasteiger partial charge in [-0.1, -0.05) is 47.6 Å². The van der Waals surface area contributed by atoms with Gasteiger partial charge in [0.2, 0.25) is 11.9 Å². The van der Waals surface area contributed by atoms with Gasteiger partial charge in [-0.3, -0.25) is 4.79 Å². The van der Waals surface area contributed by atoms with Crippen molar-refractivity contribution in [2.24, 2.45) is 0 Å². The largest absolute Gasteiger partial charge is 0.497 e. The van der Waals surface area contributed by atoms with Gasteiger partial charge in [-0.15, -0.1) is 0 Å². The lowest BCUT2D eigenvalue weighted by atomic mass is 9.96. The Labute approximate surface area is 192 Å². The van der Waals surface area contributed by atoms with Crippen molar-refractivity contribution in [1.29, 1.82) is 0 Å². The number of methoxy groups -OCH3 is 1. The first-order valence-corrected chi connectivity index (χ1v) is 11.1. The Morgan fingerprint density at radius 1 is 0.939 bits per heavy atom. The number of piperazine rings is 1. The number of aromatic nitrogens is 4. The maximum Gasteiger partial charge on any atom is 0.250 e. The van der Waals surface area contributed by atoms with Gasteiger partial charge < -0.3 is 14.5 Å². The van der Waals surface area contributed by atoms with E-state index in [9.17, 15) is 4.79 Å². The summed E-state index contributed by atoms with van der Waals surface area (Å²) in [5.41, 5.74) is 1.94. The molecule has 0 unspecified atom stereocenters. The van der Waals surface area contributed by atoms with Crippen LogP contribution in [0.25, 0.3) is 16.5 Å². The maximum atomic E-state index is 13.3. The van der Waals surface area contributed by atoms with Gasteiger partial charge in [0, 0.05) is 26.2 Å².